The lowest BCUT2D eigenvalue weighted by Crippen LogP contribution is -2.46. The molecule has 0 saturated carbocycles. The Morgan fingerprint density at radius 2 is 2.05 bits per heavy atom. The van der Waals surface area contributed by atoms with Crippen molar-refractivity contribution in [2.75, 3.05) is 13.2 Å². The maximum Gasteiger partial charge on any atom is 0.0587 e. The van der Waals surface area contributed by atoms with Crippen LogP contribution in [0.1, 0.15) is 49.8 Å². The zero-order chi connectivity index (χ0) is 14.5. The Balaban J connectivity index is 2.33. The summed E-state index contributed by atoms with van der Waals surface area (Å²) in [6, 6.07) is 8.99. The summed E-state index contributed by atoms with van der Waals surface area (Å²) in [6.45, 7) is 5.49. The molecular weight excluding hydrogens is 248 g/mol. The Bertz CT molecular complexity index is 419. The van der Waals surface area contributed by atoms with Crippen LogP contribution in [-0.4, -0.2) is 35.2 Å². The van der Waals surface area contributed by atoms with E-state index in [1.54, 1.807) is 0 Å². The van der Waals surface area contributed by atoms with E-state index in [1.807, 2.05) is 0 Å². The molecule has 20 heavy (non-hydrogen) atoms. The molecule has 1 aromatic rings. The Labute approximate surface area is 122 Å². The number of aliphatic hydroxyl groups is 1. The van der Waals surface area contributed by atoms with Crippen LogP contribution in [0.2, 0.25) is 0 Å². The van der Waals surface area contributed by atoms with Crippen LogP contribution in [0.5, 0.6) is 0 Å². The molecule has 0 amide bonds. The van der Waals surface area contributed by atoms with Crippen molar-refractivity contribution in [3.63, 3.8) is 0 Å². The second kappa shape index (κ2) is 7.21. The summed E-state index contributed by atoms with van der Waals surface area (Å²) < 4.78 is 0. The number of aliphatic hydroxyl groups excluding tert-OH is 1. The number of hydrogen-bond acceptors (Lipinski definition) is 3. The standard InChI is InChI=1S/C17H28N2O/c1-13-8-5-6-10-16(13)17(14(2)18)19-11-7-3-4-9-15(19)12-20/h5-6,8,10,14-15,17,20H,3-4,7,9,11-12,18H2,1-2H3. The van der Waals surface area contributed by atoms with Crippen LogP contribution in [-0.2, 0) is 0 Å². The van der Waals surface area contributed by atoms with Crippen LogP contribution in [0.25, 0.3) is 0 Å². The van der Waals surface area contributed by atoms with Crippen LogP contribution in [0.15, 0.2) is 24.3 Å². The van der Waals surface area contributed by atoms with Crippen molar-refractivity contribution in [2.24, 2.45) is 5.73 Å². The minimum absolute atomic E-state index is 0.0586. The average molecular weight is 276 g/mol. The van der Waals surface area contributed by atoms with E-state index in [0.717, 1.165) is 13.0 Å². The summed E-state index contributed by atoms with van der Waals surface area (Å²) >= 11 is 0. The highest BCUT2D eigenvalue weighted by molar-refractivity contribution is 5.30. The summed E-state index contributed by atoms with van der Waals surface area (Å²) in [5.41, 5.74) is 8.91. The number of aryl methyl sites for hydroxylation is 1. The zero-order valence-electron chi connectivity index (χ0n) is 12.8. The van der Waals surface area contributed by atoms with Gasteiger partial charge < -0.3 is 10.8 Å². The molecule has 1 aliphatic heterocycles. The number of benzene rings is 1. The molecule has 3 heteroatoms. The predicted octanol–water partition coefficient (Wildman–Crippen LogP) is 2.62. The summed E-state index contributed by atoms with van der Waals surface area (Å²) in [6.07, 6.45) is 4.74. The molecule has 112 valence electrons. The van der Waals surface area contributed by atoms with Gasteiger partial charge in [0.2, 0.25) is 0 Å². The quantitative estimate of drug-likeness (QED) is 0.889. The number of hydrogen-bond donors (Lipinski definition) is 2. The van der Waals surface area contributed by atoms with Crippen molar-refractivity contribution in [3.8, 4) is 0 Å². The monoisotopic (exact) mass is 276 g/mol. The van der Waals surface area contributed by atoms with Crippen molar-refractivity contribution in [1.82, 2.24) is 4.90 Å². The van der Waals surface area contributed by atoms with Crippen LogP contribution in [0.3, 0.4) is 0 Å². The van der Waals surface area contributed by atoms with Crippen molar-refractivity contribution in [3.05, 3.63) is 35.4 Å². The minimum atomic E-state index is 0.0586. The Morgan fingerprint density at radius 1 is 1.30 bits per heavy atom. The van der Waals surface area contributed by atoms with Gasteiger partial charge in [-0.2, -0.15) is 0 Å². The molecule has 1 aliphatic rings. The first kappa shape index (κ1) is 15.5. The van der Waals surface area contributed by atoms with Crippen LogP contribution in [0.4, 0.5) is 0 Å². The predicted molar refractivity (Wildman–Crippen MR) is 83.6 cm³/mol. The number of nitrogens with zero attached hydrogens (tertiary/aromatic N) is 1. The summed E-state index contributed by atoms with van der Waals surface area (Å²) in [5.74, 6) is 0. The Morgan fingerprint density at radius 3 is 2.70 bits per heavy atom. The fraction of sp³-hybridized carbons (Fsp3) is 0.647. The van der Waals surface area contributed by atoms with Gasteiger partial charge in [0.25, 0.3) is 0 Å². The highest BCUT2D eigenvalue weighted by atomic mass is 16.3. The fourth-order valence-electron chi connectivity index (χ4n) is 3.44. The molecule has 3 N–H and O–H groups in total. The van der Waals surface area contributed by atoms with Crippen LogP contribution >= 0.6 is 0 Å². The van der Waals surface area contributed by atoms with Gasteiger partial charge in [-0.3, -0.25) is 4.90 Å². The molecule has 0 bridgehead atoms. The second-order valence-electron chi connectivity index (χ2n) is 6.08. The lowest BCUT2D eigenvalue weighted by atomic mass is 9.93. The van der Waals surface area contributed by atoms with Crippen LogP contribution in [0, 0.1) is 6.92 Å². The van der Waals surface area contributed by atoms with Crippen molar-refractivity contribution >= 4 is 0 Å². The van der Waals surface area contributed by atoms with Crippen molar-refractivity contribution in [1.29, 1.82) is 0 Å². The Kier molecular flexibility index (Phi) is 5.58. The molecule has 1 aromatic carbocycles. The maximum absolute atomic E-state index is 9.75. The van der Waals surface area contributed by atoms with Gasteiger partial charge in [-0.25, -0.2) is 0 Å². The molecule has 0 aliphatic carbocycles. The SMILES string of the molecule is Cc1ccccc1C(C(C)N)N1CCCCCC1CO. The zero-order valence-corrected chi connectivity index (χ0v) is 12.8. The molecule has 3 nitrogen and oxygen atoms in total. The molecule has 3 atom stereocenters. The van der Waals surface area contributed by atoms with E-state index in [4.69, 9.17) is 5.73 Å². The minimum Gasteiger partial charge on any atom is -0.395 e. The van der Waals surface area contributed by atoms with Gasteiger partial charge in [0.1, 0.15) is 0 Å². The highest BCUT2D eigenvalue weighted by Gasteiger charge is 2.31. The molecular formula is C17H28N2O. The van der Waals surface area contributed by atoms with E-state index in [2.05, 4.69) is 43.0 Å². The molecule has 0 aromatic heterocycles. The maximum atomic E-state index is 9.75. The van der Waals surface area contributed by atoms with E-state index < -0.39 is 0 Å². The number of rotatable bonds is 4. The number of nitrogens with two attached hydrogens (primary N) is 1. The molecule has 2 rings (SSSR count). The first-order valence-corrected chi connectivity index (χ1v) is 7.83. The molecule has 3 unspecified atom stereocenters. The topological polar surface area (TPSA) is 49.5 Å². The molecule has 0 spiro atoms. The van der Waals surface area contributed by atoms with E-state index in [0.29, 0.717) is 0 Å². The van der Waals surface area contributed by atoms with Gasteiger partial charge in [0.05, 0.1) is 12.6 Å². The van der Waals surface area contributed by atoms with Crippen molar-refractivity contribution in [2.45, 2.75) is 57.7 Å². The van der Waals surface area contributed by atoms with Gasteiger partial charge in [-0.1, -0.05) is 37.1 Å². The van der Waals surface area contributed by atoms with E-state index in [-0.39, 0.29) is 24.7 Å². The van der Waals surface area contributed by atoms with E-state index in [9.17, 15) is 5.11 Å². The molecule has 1 saturated heterocycles. The second-order valence-corrected chi connectivity index (χ2v) is 6.08. The van der Waals surface area contributed by atoms with E-state index >= 15 is 0 Å². The summed E-state index contributed by atoms with van der Waals surface area (Å²) in [4.78, 5) is 2.44. The first-order valence-electron chi connectivity index (χ1n) is 7.83. The summed E-state index contributed by atoms with van der Waals surface area (Å²) in [7, 11) is 0. The average Bonchev–Trinajstić information content (AvgIpc) is 2.66. The van der Waals surface area contributed by atoms with Gasteiger partial charge >= 0.3 is 0 Å². The Hall–Kier alpha value is -0.900. The van der Waals surface area contributed by atoms with Gasteiger partial charge in [-0.15, -0.1) is 0 Å². The molecule has 1 fully saturated rings. The summed E-state index contributed by atoms with van der Waals surface area (Å²) in [5, 5.41) is 9.75. The smallest absolute Gasteiger partial charge is 0.0587 e. The van der Waals surface area contributed by atoms with Gasteiger partial charge in [0, 0.05) is 12.1 Å². The van der Waals surface area contributed by atoms with Gasteiger partial charge in [0.15, 0.2) is 0 Å². The lowest BCUT2D eigenvalue weighted by Gasteiger charge is -2.39. The lowest BCUT2D eigenvalue weighted by molar-refractivity contribution is 0.0744. The normalized spacial score (nSPS) is 24.1. The molecule has 0 radical (unpaired) electrons. The largest absolute Gasteiger partial charge is 0.395 e. The van der Waals surface area contributed by atoms with Crippen molar-refractivity contribution < 1.29 is 5.11 Å². The van der Waals surface area contributed by atoms with Crippen LogP contribution < -0.4 is 5.73 Å². The van der Waals surface area contributed by atoms with E-state index in [1.165, 1.54) is 30.4 Å². The first-order chi connectivity index (χ1) is 9.65. The third-order valence-corrected chi connectivity index (χ3v) is 4.50. The number of likely N-dealkylation sites (tertiary alicyclic amines) is 1. The highest BCUT2D eigenvalue weighted by Crippen LogP contribution is 2.31. The third kappa shape index (κ3) is 3.40. The fourth-order valence-corrected chi connectivity index (χ4v) is 3.44. The van der Waals surface area contributed by atoms with Gasteiger partial charge in [-0.05, 0) is 44.4 Å². The third-order valence-electron chi connectivity index (χ3n) is 4.50. The molecule has 1 heterocycles.